The van der Waals surface area contributed by atoms with E-state index >= 15 is 0 Å². The highest BCUT2D eigenvalue weighted by molar-refractivity contribution is 5.02. The Labute approximate surface area is 169 Å². The van der Waals surface area contributed by atoms with Crippen LogP contribution in [-0.2, 0) is 0 Å². The van der Waals surface area contributed by atoms with Gasteiger partial charge in [0, 0.05) is 36.3 Å². The van der Waals surface area contributed by atoms with Gasteiger partial charge in [-0.25, -0.2) is 0 Å². The third-order valence-electron chi connectivity index (χ3n) is 9.26. The van der Waals surface area contributed by atoms with Crippen molar-refractivity contribution in [3.63, 3.8) is 0 Å². The number of fused-ring (bicyclic) bond motifs is 4. The van der Waals surface area contributed by atoms with Gasteiger partial charge in [0.2, 0.25) is 0 Å². The molecule has 5 rings (SSSR count). The molecule has 2 nitrogen and oxygen atoms in total. The van der Waals surface area contributed by atoms with Gasteiger partial charge in [-0.2, -0.15) is 0 Å². The number of piperidine rings is 2. The van der Waals surface area contributed by atoms with Gasteiger partial charge in [0.15, 0.2) is 0 Å². The molecule has 4 saturated heterocycles. The quantitative estimate of drug-likeness (QED) is 0.543. The molecule has 5 fully saturated rings. The molecule has 4 aliphatic heterocycles. The van der Waals surface area contributed by atoms with E-state index in [0.717, 1.165) is 59.9 Å². The molecule has 4 bridgehead atoms. The summed E-state index contributed by atoms with van der Waals surface area (Å²) in [5.74, 6) is 3.80. The van der Waals surface area contributed by atoms with Gasteiger partial charge in [-0.15, -0.1) is 0 Å². The highest BCUT2D eigenvalue weighted by Crippen LogP contribution is 2.46. The Morgan fingerprint density at radius 2 is 1.19 bits per heavy atom. The Bertz CT molecular complexity index is 475. The maximum absolute atomic E-state index is 2.93. The summed E-state index contributed by atoms with van der Waals surface area (Å²) in [5.41, 5.74) is 0. The lowest BCUT2D eigenvalue weighted by Crippen LogP contribution is -2.64. The summed E-state index contributed by atoms with van der Waals surface area (Å²) in [6.45, 7) is 14.8. The van der Waals surface area contributed by atoms with Crippen molar-refractivity contribution in [2.75, 3.05) is 0 Å². The molecule has 2 heteroatoms. The molecule has 156 valence electrons. The SMILES string of the molecule is CC(C)C1CC2CC(C1)N2C(C)CCC(C)C1CC2CCC(C1)N2C(C)C. The molecule has 6 unspecified atom stereocenters. The van der Waals surface area contributed by atoms with E-state index in [2.05, 4.69) is 51.3 Å². The van der Waals surface area contributed by atoms with E-state index in [1.54, 1.807) is 0 Å². The molecule has 0 radical (unpaired) electrons. The molecule has 4 heterocycles. The maximum atomic E-state index is 2.93. The monoisotopic (exact) mass is 374 g/mol. The number of rotatable bonds is 7. The van der Waals surface area contributed by atoms with Crippen molar-refractivity contribution < 1.29 is 0 Å². The molecular weight excluding hydrogens is 328 g/mol. The van der Waals surface area contributed by atoms with Crippen LogP contribution in [0.4, 0.5) is 0 Å². The first-order chi connectivity index (χ1) is 12.8. The van der Waals surface area contributed by atoms with Gasteiger partial charge in [0.1, 0.15) is 0 Å². The minimum atomic E-state index is 0.749. The Morgan fingerprint density at radius 1 is 0.630 bits per heavy atom. The van der Waals surface area contributed by atoms with Crippen molar-refractivity contribution >= 4 is 0 Å². The lowest BCUT2D eigenvalue weighted by Gasteiger charge is -2.59. The van der Waals surface area contributed by atoms with E-state index in [-0.39, 0.29) is 0 Å². The molecule has 27 heavy (non-hydrogen) atoms. The zero-order valence-corrected chi connectivity index (χ0v) is 19.0. The van der Waals surface area contributed by atoms with E-state index < -0.39 is 0 Å². The largest absolute Gasteiger partial charge is 0.295 e. The molecule has 0 aromatic carbocycles. The average molecular weight is 375 g/mol. The van der Waals surface area contributed by atoms with Crippen molar-refractivity contribution in [1.29, 1.82) is 0 Å². The van der Waals surface area contributed by atoms with E-state index in [0.29, 0.717) is 0 Å². The number of hydrogen-bond donors (Lipinski definition) is 0. The zero-order valence-electron chi connectivity index (χ0n) is 19.0. The lowest BCUT2D eigenvalue weighted by molar-refractivity contribution is -0.0885. The normalized spacial score (nSPS) is 41.8. The highest BCUT2D eigenvalue weighted by atomic mass is 15.3. The van der Waals surface area contributed by atoms with Crippen LogP contribution in [0.3, 0.4) is 0 Å². The molecule has 0 amide bonds. The van der Waals surface area contributed by atoms with E-state index in [1.807, 2.05) is 0 Å². The summed E-state index contributed by atoms with van der Waals surface area (Å²) < 4.78 is 0. The van der Waals surface area contributed by atoms with Crippen LogP contribution >= 0.6 is 0 Å². The first-order valence-electron chi connectivity index (χ1n) is 12.4. The summed E-state index contributed by atoms with van der Waals surface area (Å²) in [7, 11) is 0. The molecule has 0 aromatic rings. The fourth-order valence-corrected chi connectivity index (χ4v) is 7.66. The van der Waals surface area contributed by atoms with Crippen LogP contribution in [0.25, 0.3) is 0 Å². The summed E-state index contributed by atoms with van der Waals surface area (Å²) >= 11 is 0. The van der Waals surface area contributed by atoms with Crippen LogP contribution in [0, 0.1) is 23.7 Å². The summed E-state index contributed by atoms with van der Waals surface area (Å²) in [4.78, 5) is 5.79. The third-order valence-corrected chi connectivity index (χ3v) is 9.26. The van der Waals surface area contributed by atoms with Gasteiger partial charge in [0.05, 0.1) is 0 Å². The minimum Gasteiger partial charge on any atom is -0.295 e. The second-order valence-electron chi connectivity index (χ2n) is 11.5. The molecule has 1 aliphatic carbocycles. The Balaban J connectivity index is 1.24. The van der Waals surface area contributed by atoms with Gasteiger partial charge in [-0.05, 0) is 102 Å². The Hall–Kier alpha value is -0.0800. The van der Waals surface area contributed by atoms with Gasteiger partial charge < -0.3 is 0 Å². The molecule has 6 atom stereocenters. The van der Waals surface area contributed by atoms with Crippen molar-refractivity contribution in [2.24, 2.45) is 23.7 Å². The molecular formula is C25H46N2. The molecule has 5 aliphatic rings. The van der Waals surface area contributed by atoms with Gasteiger partial charge in [-0.1, -0.05) is 20.8 Å². The van der Waals surface area contributed by atoms with Gasteiger partial charge in [-0.3, -0.25) is 9.80 Å². The second kappa shape index (κ2) is 7.98. The second-order valence-corrected chi connectivity index (χ2v) is 11.5. The van der Waals surface area contributed by atoms with E-state index in [9.17, 15) is 0 Å². The van der Waals surface area contributed by atoms with Crippen molar-refractivity contribution in [1.82, 2.24) is 9.80 Å². The smallest absolute Gasteiger partial charge is 0.0119 e. The summed E-state index contributed by atoms with van der Waals surface area (Å²) in [6, 6.07) is 5.21. The Kier molecular flexibility index (Phi) is 5.97. The molecule has 0 N–H and O–H groups in total. The van der Waals surface area contributed by atoms with E-state index in [1.165, 1.54) is 57.8 Å². The zero-order chi connectivity index (χ0) is 19.3. The third kappa shape index (κ3) is 3.87. The first-order valence-corrected chi connectivity index (χ1v) is 12.4. The molecule has 0 spiro atoms. The van der Waals surface area contributed by atoms with Crippen LogP contribution in [0.5, 0.6) is 0 Å². The van der Waals surface area contributed by atoms with Crippen LogP contribution in [0.15, 0.2) is 0 Å². The minimum absolute atomic E-state index is 0.749. The maximum Gasteiger partial charge on any atom is 0.0119 e. The van der Waals surface area contributed by atoms with Crippen LogP contribution in [-0.4, -0.2) is 46.1 Å². The topological polar surface area (TPSA) is 6.48 Å². The standard InChI is InChI=1S/C25H46N2/c1-16(2)20-11-24-15-25(12-20)27(24)19(6)8-7-18(5)21-13-22-9-10-23(14-21)26(22)17(3)4/h16-25H,7-15H2,1-6H3. The Morgan fingerprint density at radius 3 is 1.70 bits per heavy atom. The van der Waals surface area contributed by atoms with Gasteiger partial charge in [0.25, 0.3) is 0 Å². The summed E-state index contributed by atoms with van der Waals surface area (Å²) in [5, 5.41) is 0. The van der Waals surface area contributed by atoms with Crippen LogP contribution < -0.4 is 0 Å². The fourth-order valence-electron chi connectivity index (χ4n) is 7.66. The number of nitrogens with zero attached hydrogens (tertiary/aromatic N) is 2. The van der Waals surface area contributed by atoms with E-state index in [4.69, 9.17) is 0 Å². The molecule has 1 saturated carbocycles. The van der Waals surface area contributed by atoms with Crippen molar-refractivity contribution in [3.8, 4) is 0 Å². The predicted molar refractivity (Wildman–Crippen MR) is 116 cm³/mol. The first kappa shape index (κ1) is 20.2. The predicted octanol–water partition coefficient (Wildman–Crippen LogP) is 5.95. The number of hydrogen-bond acceptors (Lipinski definition) is 2. The van der Waals surface area contributed by atoms with Crippen LogP contribution in [0.2, 0.25) is 0 Å². The van der Waals surface area contributed by atoms with Crippen LogP contribution in [0.1, 0.15) is 99.3 Å². The van der Waals surface area contributed by atoms with Crippen molar-refractivity contribution in [3.05, 3.63) is 0 Å². The van der Waals surface area contributed by atoms with Crippen molar-refractivity contribution in [2.45, 2.75) is 136 Å². The molecule has 0 aromatic heterocycles. The lowest BCUT2D eigenvalue weighted by atomic mass is 9.69. The average Bonchev–Trinajstić information content (AvgIpc) is 2.90. The fraction of sp³-hybridized carbons (Fsp3) is 1.00. The summed E-state index contributed by atoms with van der Waals surface area (Å²) in [6.07, 6.45) is 13.2. The van der Waals surface area contributed by atoms with Gasteiger partial charge >= 0.3 is 0 Å². The highest BCUT2D eigenvalue weighted by Gasteiger charge is 2.47.